The molecule has 0 unspecified atom stereocenters. The van der Waals surface area contributed by atoms with Crippen LogP contribution >= 0.6 is 0 Å². The van der Waals surface area contributed by atoms with Crippen molar-refractivity contribution in [2.24, 2.45) is 11.8 Å². The number of likely N-dealkylation sites (tertiary alicyclic amines) is 1. The first-order chi connectivity index (χ1) is 11.0. The molecule has 0 aliphatic carbocycles. The topological polar surface area (TPSA) is 57.7 Å². The highest BCUT2D eigenvalue weighted by Gasteiger charge is 2.38. The minimum absolute atomic E-state index is 0.0319. The van der Waals surface area contributed by atoms with Crippen LogP contribution in [-0.2, 0) is 14.8 Å². The van der Waals surface area contributed by atoms with E-state index < -0.39 is 10.0 Å². The highest BCUT2D eigenvalue weighted by atomic mass is 32.2. The van der Waals surface area contributed by atoms with Crippen LogP contribution in [0, 0.1) is 24.2 Å². The number of sulfonamides is 1. The van der Waals surface area contributed by atoms with Gasteiger partial charge in [-0.15, -0.1) is 6.42 Å². The monoisotopic (exact) mass is 332 g/mol. The van der Waals surface area contributed by atoms with Crippen LogP contribution in [0.3, 0.4) is 0 Å². The molecule has 5 nitrogen and oxygen atoms in total. The normalized spacial score (nSPS) is 23.1. The molecule has 6 heteroatoms. The van der Waals surface area contributed by atoms with Crippen molar-refractivity contribution in [2.45, 2.75) is 17.7 Å². The number of amides is 1. The summed E-state index contributed by atoms with van der Waals surface area (Å²) in [7, 11) is -3.53. The molecule has 1 aromatic carbocycles. The molecule has 3 rings (SSSR count). The van der Waals surface area contributed by atoms with E-state index in [9.17, 15) is 13.2 Å². The lowest BCUT2D eigenvalue weighted by Gasteiger charge is -2.40. The van der Waals surface area contributed by atoms with Gasteiger partial charge in [0, 0.05) is 26.2 Å². The minimum Gasteiger partial charge on any atom is -0.340 e. The van der Waals surface area contributed by atoms with Crippen molar-refractivity contribution in [3.63, 3.8) is 0 Å². The van der Waals surface area contributed by atoms with E-state index in [0.717, 1.165) is 6.42 Å². The van der Waals surface area contributed by atoms with Gasteiger partial charge < -0.3 is 4.90 Å². The number of benzene rings is 1. The van der Waals surface area contributed by atoms with E-state index in [0.29, 0.717) is 26.1 Å². The molecule has 2 aliphatic heterocycles. The lowest BCUT2D eigenvalue weighted by Crippen LogP contribution is -2.54. The molecule has 2 heterocycles. The molecule has 0 bridgehead atoms. The third-order valence-corrected chi connectivity index (χ3v) is 6.42. The van der Waals surface area contributed by atoms with Crippen LogP contribution in [0.25, 0.3) is 0 Å². The Morgan fingerprint density at radius 2 is 1.87 bits per heavy atom. The van der Waals surface area contributed by atoms with Gasteiger partial charge >= 0.3 is 0 Å². The molecule has 0 spiro atoms. The van der Waals surface area contributed by atoms with Crippen molar-refractivity contribution in [3.05, 3.63) is 30.3 Å². The Morgan fingerprint density at radius 3 is 2.52 bits per heavy atom. The van der Waals surface area contributed by atoms with Crippen molar-refractivity contribution < 1.29 is 13.2 Å². The first-order valence-electron chi connectivity index (χ1n) is 7.82. The summed E-state index contributed by atoms with van der Waals surface area (Å²) in [5.74, 6) is 2.56. The number of terminal acetylenes is 1. The van der Waals surface area contributed by atoms with E-state index in [-0.39, 0.29) is 29.2 Å². The summed E-state index contributed by atoms with van der Waals surface area (Å²) in [5, 5.41) is 0. The standard InChI is InChI=1S/C17H20N2O3S/c1-2-14-11-18(12-14)17(20)15-7-6-10-19(13-15)23(21,22)16-8-4-3-5-9-16/h1,3-5,8-9,14-15H,6-7,10-13H2/t15-/m1/s1. The van der Waals surface area contributed by atoms with Crippen molar-refractivity contribution in [2.75, 3.05) is 26.2 Å². The lowest BCUT2D eigenvalue weighted by atomic mass is 9.93. The maximum Gasteiger partial charge on any atom is 0.243 e. The number of carbonyl (C=O) groups excluding carboxylic acids is 1. The third kappa shape index (κ3) is 3.12. The molecule has 0 aromatic heterocycles. The molecule has 2 aliphatic rings. The summed E-state index contributed by atoms with van der Waals surface area (Å²) >= 11 is 0. The molecule has 1 aromatic rings. The van der Waals surface area contributed by atoms with Crippen molar-refractivity contribution in [3.8, 4) is 12.3 Å². The van der Waals surface area contributed by atoms with Gasteiger partial charge in [0.25, 0.3) is 0 Å². The van der Waals surface area contributed by atoms with E-state index in [1.165, 1.54) is 4.31 Å². The second-order valence-corrected chi connectivity index (χ2v) is 8.06. The Kier molecular flexibility index (Phi) is 4.42. The van der Waals surface area contributed by atoms with E-state index in [2.05, 4.69) is 5.92 Å². The summed E-state index contributed by atoms with van der Waals surface area (Å²) in [6, 6.07) is 8.38. The van der Waals surface area contributed by atoms with Gasteiger partial charge in [-0.1, -0.05) is 24.1 Å². The largest absolute Gasteiger partial charge is 0.340 e. The van der Waals surface area contributed by atoms with Gasteiger partial charge in [0.1, 0.15) is 0 Å². The number of rotatable bonds is 3. The predicted molar refractivity (Wildman–Crippen MR) is 86.8 cm³/mol. The highest BCUT2D eigenvalue weighted by Crippen LogP contribution is 2.27. The minimum atomic E-state index is -3.53. The van der Waals surface area contributed by atoms with Gasteiger partial charge in [-0.2, -0.15) is 4.31 Å². The van der Waals surface area contributed by atoms with E-state index in [4.69, 9.17) is 6.42 Å². The quantitative estimate of drug-likeness (QED) is 0.781. The average Bonchev–Trinajstić information content (AvgIpc) is 2.54. The molecule has 0 radical (unpaired) electrons. The van der Waals surface area contributed by atoms with E-state index >= 15 is 0 Å². The van der Waals surface area contributed by atoms with Gasteiger partial charge in [0.2, 0.25) is 15.9 Å². The van der Waals surface area contributed by atoms with Crippen LogP contribution in [0.5, 0.6) is 0 Å². The van der Waals surface area contributed by atoms with Gasteiger partial charge in [0.15, 0.2) is 0 Å². The molecule has 0 saturated carbocycles. The van der Waals surface area contributed by atoms with E-state index in [1.54, 1.807) is 35.2 Å². The summed E-state index contributed by atoms with van der Waals surface area (Å²) < 4.78 is 26.8. The number of hydrogen-bond acceptors (Lipinski definition) is 3. The van der Waals surface area contributed by atoms with Gasteiger partial charge in [0.05, 0.1) is 16.7 Å². The second kappa shape index (κ2) is 6.34. The van der Waals surface area contributed by atoms with Gasteiger partial charge in [-0.05, 0) is 25.0 Å². The van der Waals surface area contributed by atoms with Crippen molar-refractivity contribution in [1.29, 1.82) is 0 Å². The zero-order chi connectivity index (χ0) is 16.4. The lowest BCUT2D eigenvalue weighted by molar-refractivity contribution is -0.141. The summed E-state index contributed by atoms with van der Waals surface area (Å²) in [4.78, 5) is 14.5. The molecular weight excluding hydrogens is 312 g/mol. The predicted octanol–water partition coefficient (Wildman–Crippen LogP) is 1.18. The maximum absolute atomic E-state index is 12.7. The Morgan fingerprint density at radius 1 is 1.17 bits per heavy atom. The molecule has 2 fully saturated rings. The smallest absolute Gasteiger partial charge is 0.243 e. The number of hydrogen-bond donors (Lipinski definition) is 0. The van der Waals surface area contributed by atoms with Crippen LogP contribution in [0.1, 0.15) is 12.8 Å². The molecular formula is C17H20N2O3S. The zero-order valence-electron chi connectivity index (χ0n) is 12.9. The third-order valence-electron chi connectivity index (χ3n) is 4.54. The Labute approximate surface area is 137 Å². The van der Waals surface area contributed by atoms with Crippen LogP contribution in [0.4, 0.5) is 0 Å². The fourth-order valence-electron chi connectivity index (χ4n) is 3.13. The maximum atomic E-state index is 12.7. The average molecular weight is 332 g/mol. The van der Waals surface area contributed by atoms with Crippen molar-refractivity contribution in [1.82, 2.24) is 9.21 Å². The van der Waals surface area contributed by atoms with E-state index in [1.807, 2.05) is 0 Å². The summed E-state index contributed by atoms with van der Waals surface area (Å²) in [5.41, 5.74) is 0. The molecule has 0 N–H and O–H groups in total. The fraction of sp³-hybridized carbons (Fsp3) is 0.471. The molecule has 23 heavy (non-hydrogen) atoms. The molecule has 1 amide bonds. The fourth-order valence-corrected chi connectivity index (χ4v) is 4.67. The number of carbonyl (C=O) groups is 1. The Balaban J connectivity index is 1.69. The zero-order valence-corrected chi connectivity index (χ0v) is 13.7. The molecule has 122 valence electrons. The SMILES string of the molecule is C#CC1CN(C(=O)[C@@H]2CCCN(S(=O)(=O)c3ccccc3)C2)C1. The van der Waals surface area contributed by atoms with Crippen LogP contribution in [0.15, 0.2) is 35.2 Å². The van der Waals surface area contributed by atoms with Crippen LogP contribution in [0.2, 0.25) is 0 Å². The van der Waals surface area contributed by atoms with Crippen LogP contribution < -0.4 is 0 Å². The molecule has 1 atom stereocenters. The number of piperidine rings is 1. The Bertz CT molecular complexity index is 718. The first-order valence-corrected chi connectivity index (χ1v) is 9.26. The van der Waals surface area contributed by atoms with Gasteiger partial charge in [-0.25, -0.2) is 8.42 Å². The van der Waals surface area contributed by atoms with Crippen LogP contribution in [-0.4, -0.2) is 49.7 Å². The summed E-state index contributed by atoms with van der Waals surface area (Å²) in [6.45, 7) is 1.91. The summed E-state index contributed by atoms with van der Waals surface area (Å²) in [6.07, 6.45) is 6.78. The van der Waals surface area contributed by atoms with Crippen molar-refractivity contribution >= 4 is 15.9 Å². The second-order valence-electron chi connectivity index (χ2n) is 6.12. The molecule has 2 saturated heterocycles. The van der Waals surface area contributed by atoms with Gasteiger partial charge in [-0.3, -0.25) is 4.79 Å². The Hall–Kier alpha value is -1.84. The first kappa shape index (κ1) is 16.0. The number of nitrogens with zero attached hydrogens (tertiary/aromatic N) is 2. The highest BCUT2D eigenvalue weighted by molar-refractivity contribution is 7.89.